The monoisotopic (exact) mass is 318 g/mol. The lowest BCUT2D eigenvalue weighted by atomic mass is 10.0. The maximum Gasteiger partial charge on any atom is 0.169 e. The predicted molar refractivity (Wildman–Crippen MR) is 87.4 cm³/mol. The molecule has 22 heavy (non-hydrogen) atoms. The van der Waals surface area contributed by atoms with E-state index in [1.54, 1.807) is 0 Å². The van der Waals surface area contributed by atoms with Crippen LogP contribution in [-0.4, -0.2) is 26.8 Å². The van der Waals surface area contributed by atoms with Crippen molar-refractivity contribution in [3.63, 3.8) is 0 Å². The van der Waals surface area contributed by atoms with Crippen molar-refractivity contribution in [2.75, 3.05) is 5.75 Å². The number of ketones is 1. The highest BCUT2D eigenvalue weighted by molar-refractivity contribution is 7.99. The van der Waals surface area contributed by atoms with Crippen LogP contribution in [-0.2, 0) is 4.79 Å². The highest BCUT2D eigenvalue weighted by atomic mass is 32.2. The average molecular weight is 318 g/mol. The largest absolute Gasteiger partial charge is 0.320 e. The van der Waals surface area contributed by atoms with Crippen LogP contribution >= 0.6 is 11.8 Å². The van der Waals surface area contributed by atoms with Crippen LogP contribution in [0.1, 0.15) is 50.0 Å². The van der Waals surface area contributed by atoms with Gasteiger partial charge in [0.1, 0.15) is 5.92 Å². The van der Waals surface area contributed by atoms with E-state index in [0.29, 0.717) is 6.04 Å². The van der Waals surface area contributed by atoms with E-state index in [-0.39, 0.29) is 17.2 Å². The first-order valence-corrected chi connectivity index (χ1v) is 8.59. The van der Waals surface area contributed by atoms with Crippen molar-refractivity contribution in [2.24, 2.45) is 5.92 Å². The van der Waals surface area contributed by atoms with Gasteiger partial charge in [0.05, 0.1) is 17.5 Å². The summed E-state index contributed by atoms with van der Waals surface area (Å²) in [6.45, 7) is 5.57. The van der Waals surface area contributed by atoms with Gasteiger partial charge in [0.2, 0.25) is 0 Å². The Morgan fingerprint density at radius 2 is 2.14 bits per heavy atom. The van der Waals surface area contributed by atoms with Crippen molar-refractivity contribution in [3.05, 3.63) is 11.4 Å². The zero-order chi connectivity index (χ0) is 16.3. The summed E-state index contributed by atoms with van der Waals surface area (Å²) in [5, 5.41) is 17.4. The summed E-state index contributed by atoms with van der Waals surface area (Å²) in [5.74, 6) is -0.947. The van der Waals surface area contributed by atoms with E-state index < -0.39 is 5.92 Å². The number of thioether (sulfide) groups is 1. The van der Waals surface area contributed by atoms with E-state index >= 15 is 0 Å². The molecule has 6 heteroatoms. The van der Waals surface area contributed by atoms with Crippen molar-refractivity contribution in [3.8, 4) is 6.07 Å². The standard InChI is InChI=1S/C16H22N4OS/c1-10(18)14(8-17)15(21)9-22-16-19-11(2)12(3)20(16)13-6-4-5-7-13/h13-14,18H,4-7,9H2,1-3H3/t14-/m0/s1. The van der Waals surface area contributed by atoms with E-state index in [0.717, 1.165) is 10.9 Å². The molecular formula is C16H22N4OS. The van der Waals surface area contributed by atoms with Crippen molar-refractivity contribution >= 4 is 23.3 Å². The Kier molecular flexibility index (Phi) is 5.41. The van der Waals surface area contributed by atoms with E-state index in [2.05, 4.69) is 16.5 Å². The maximum absolute atomic E-state index is 12.1. The minimum Gasteiger partial charge on any atom is -0.320 e. The molecule has 1 aromatic rings. The van der Waals surface area contributed by atoms with Crippen LogP contribution in [0.3, 0.4) is 0 Å². The van der Waals surface area contributed by atoms with Gasteiger partial charge < -0.3 is 9.98 Å². The van der Waals surface area contributed by atoms with Gasteiger partial charge in [-0.1, -0.05) is 24.6 Å². The molecule has 1 heterocycles. The van der Waals surface area contributed by atoms with Crippen LogP contribution in [0.4, 0.5) is 0 Å². The molecule has 1 aliphatic rings. The minimum absolute atomic E-state index is 0.111. The molecular weight excluding hydrogens is 296 g/mol. The second-order valence-electron chi connectivity index (χ2n) is 5.87. The highest BCUT2D eigenvalue weighted by Crippen LogP contribution is 2.35. The van der Waals surface area contributed by atoms with Gasteiger partial charge in [-0.25, -0.2) is 4.98 Å². The van der Waals surface area contributed by atoms with E-state index in [1.165, 1.54) is 50.1 Å². The van der Waals surface area contributed by atoms with Gasteiger partial charge in [0.25, 0.3) is 0 Å². The number of hydrogen-bond donors (Lipinski definition) is 1. The lowest BCUT2D eigenvalue weighted by Gasteiger charge is -2.17. The fourth-order valence-corrected chi connectivity index (χ4v) is 3.98. The van der Waals surface area contributed by atoms with Gasteiger partial charge in [0, 0.05) is 17.4 Å². The van der Waals surface area contributed by atoms with Crippen LogP contribution < -0.4 is 0 Å². The second kappa shape index (κ2) is 7.10. The number of aromatic nitrogens is 2. The van der Waals surface area contributed by atoms with Crippen molar-refractivity contribution in [2.45, 2.75) is 57.7 Å². The number of carbonyl (C=O) groups is 1. The molecule has 2 rings (SSSR count). The summed E-state index contributed by atoms with van der Waals surface area (Å²) in [6, 6.07) is 2.39. The number of carbonyl (C=O) groups excluding carboxylic acids is 1. The van der Waals surface area contributed by atoms with E-state index in [4.69, 9.17) is 10.7 Å². The Morgan fingerprint density at radius 1 is 1.50 bits per heavy atom. The van der Waals surface area contributed by atoms with Crippen LogP contribution in [0.2, 0.25) is 0 Å². The lowest BCUT2D eigenvalue weighted by Crippen LogP contribution is -2.21. The van der Waals surface area contributed by atoms with Gasteiger partial charge in [-0.3, -0.25) is 4.79 Å². The normalized spacial score (nSPS) is 16.5. The second-order valence-corrected chi connectivity index (χ2v) is 6.82. The number of Topliss-reactive ketones (excluding diaryl/α,β-unsaturated/α-hetero) is 1. The minimum atomic E-state index is -0.926. The molecule has 1 saturated carbocycles. The van der Waals surface area contributed by atoms with Gasteiger partial charge in [-0.2, -0.15) is 5.26 Å². The summed E-state index contributed by atoms with van der Waals surface area (Å²) in [6.07, 6.45) is 4.82. The third-order valence-corrected chi connectivity index (χ3v) is 5.25. The Balaban J connectivity index is 2.13. The molecule has 0 bridgehead atoms. The first-order valence-electron chi connectivity index (χ1n) is 7.61. The van der Waals surface area contributed by atoms with E-state index in [9.17, 15) is 4.79 Å². The zero-order valence-electron chi connectivity index (χ0n) is 13.3. The Labute approximate surface area is 135 Å². The third-order valence-electron chi connectivity index (χ3n) is 4.27. The summed E-state index contributed by atoms with van der Waals surface area (Å²) < 4.78 is 2.26. The molecule has 1 atom stereocenters. The fourth-order valence-electron chi connectivity index (χ4n) is 2.92. The molecule has 1 aliphatic carbocycles. The Morgan fingerprint density at radius 3 is 2.68 bits per heavy atom. The van der Waals surface area contributed by atoms with Crippen LogP contribution in [0.15, 0.2) is 5.16 Å². The summed E-state index contributed by atoms with van der Waals surface area (Å²) in [4.78, 5) is 16.7. The van der Waals surface area contributed by atoms with Gasteiger partial charge in [0.15, 0.2) is 10.9 Å². The molecule has 1 fully saturated rings. The summed E-state index contributed by atoms with van der Waals surface area (Å²) >= 11 is 1.39. The molecule has 0 spiro atoms. The van der Waals surface area contributed by atoms with Crippen LogP contribution in [0.5, 0.6) is 0 Å². The molecule has 1 aromatic heterocycles. The van der Waals surface area contributed by atoms with Gasteiger partial charge >= 0.3 is 0 Å². The maximum atomic E-state index is 12.1. The molecule has 0 saturated heterocycles. The van der Waals surface area contributed by atoms with Gasteiger partial charge in [-0.05, 0) is 33.6 Å². The molecule has 1 N–H and O–H groups in total. The molecule has 0 aliphatic heterocycles. The smallest absolute Gasteiger partial charge is 0.169 e. The van der Waals surface area contributed by atoms with Crippen LogP contribution in [0, 0.1) is 36.5 Å². The number of rotatable bonds is 6. The molecule has 5 nitrogen and oxygen atoms in total. The molecule has 0 amide bonds. The van der Waals surface area contributed by atoms with Crippen molar-refractivity contribution < 1.29 is 4.79 Å². The number of aryl methyl sites for hydroxylation is 1. The Bertz CT molecular complexity index is 623. The van der Waals surface area contributed by atoms with Crippen molar-refractivity contribution in [1.29, 1.82) is 10.7 Å². The third kappa shape index (κ3) is 3.41. The number of imidazole rings is 1. The average Bonchev–Trinajstić information content (AvgIpc) is 3.06. The fraction of sp³-hybridized carbons (Fsp3) is 0.625. The topological polar surface area (TPSA) is 82.5 Å². The Hall–Kier alpha value is -1.61. The first kappa shape index (κ1) is 16.8. The molecule has 0 radical (unpaired) electrons. The molecule has 0 aromatic carbocycles. The number of nitrogens with one attached hydrogen (secondary N) is 1. The van der Waals surface area contributed by atoms with Gasteiger partial charge in [-0.15, -0.1) is 0 Å². The molecule has 118 valence electrons. The SMILES string of the molecule is CC(=N)[C@H](C#N)C(=O)CSc1nc(C)c(C)n1C1CCCC1. The molecule has 0 unspecified atom stereocenters. The number of nitriles is 1. The number of nitrogens with zero attached hydrogens (tertiary/aromatic N) is 3. The summed E-state index contributed by atoms with van der Waals surface area (Å²) in [5.41, 5.74) is 2.28. The highest BCUT2D eigenvalue weighted by Gasteiger charge is 2.25. The first-order chi connectivity index (χ1) is 10.5. The lowest BCUT2D eigenvalue weighted by molar-refractivity contribution is -0.117. The quantitative estimate of drug-likeness (QED) is 0.643. The summed E-state index contributed by atoms with van der Waals surface area (Å²) in [7, 11) is 0. The zero-order valence-corrected chi connectivity index (χ0v) is 14.2. The van der Waals surface area contributed by atoms with Crippen molar-refractivity contribution in [1.82, 2.24) is 9.55 Å². The van der Waals surface area contributed by atoms with Crippen LogP contribution in [0.25, 0.3) is 0 Å². The van der Waals surface area contributed by atoms with E-state index in [1.807, 2.05) is 13.0 Å². The number of hydrogen-bond acceptors (Lipinski definition) is 5. The predicted octanol–water partition coefficient (Wildman–Crippen LogP) is 3.46.